The van der Waals surface area contributed by atoms with Crippen LogP contribution in [0.25, 0.3) is 11.0 Å². The number of piperidine rings is 1. The highest BCUT2D eigenvalue weighted by molar-refractivity contribution is 6.33. The molecule has 5 rings (SSSR count). The Bertz CT molecular complexity index is 1480. The minimum absolute atomic E-state index is 0.0108. The van der Waals surface area contributed by atoms with Crippen LogP contribution in [0.15, 0.2) is 66.7 Å². The molecule has 1 aliphatic heterocycles. The number of imidazole rings is 1. The van der Waals surface area contributed by atoms with Crippen molar-refractivity contribution in [1.82, 2.24) is 19.8 Å². The zero-order chi connectivity index (χ0) is 29.7. The lowest BCUT2D eigenvalue weighted by atomic mass is 9.96. The van der Waals surface area contributed by atoms with Gasteiger partial charge in [-0.3, -0.25) is 9.69 Å². The van der Waals surface area contributed by atoms with E-state index in [0.717, 1.165) is 60.9 Å². The average molecular weight is 597 g/mol. The molecule has 2 heterocycles. The van der Waals surface area contributed by atoms with Crippen molar-refractivity contribution in [3.8, 4) is 0 Å². The summed E-state index contributed by atoms with van der Waals surface area (Å²) in [6.07, 6.45) is 0.947. The van der Waals surface area contributed by atoms with Crippen LogP contribution in [-0.2, 0) is 19.1 Å². The standard InChI is InChI=1S/C33H36ClF3N4O/c1-2-3-19-41(32(42)26-21-25(33(35,36)37)15-16-27(26)34)30(31-38-28-13-7-8-14-29(28)39-31)20-23-11-5-6-12-24(23)22-40-17-9-4-10-18-40/h5-8,11-16,21,30H,2-4,9-10,17-20,22H2,1H3,(H,38,39). The molecule has 1 N–H and O–H groups in total. The second-order valence-corrected chi connectivity index (χ2v) is 11.4. The number of alkyl halides is 3. The number of nitrogens with zero attached hydrogens (tertiary/aromatic N) is 3. The van der Waals surface area contributed by atoms with Crippen LogP contribution < -0.4 is 0 Å². The summed E-state index contributed by atoms with van der Waals surface area (Å²) < 4.78 is 40.9. The van der Waals surface area contributed by atoms with Gasteiger partial charge in [-0.2, -0.15) is 13.2 Å². The van der Waals surface area contributed by atoms with Gasteiger partial charge in [-0.05, 0) is 73.8 Å². The maximum absolute atomic E-state index is 14.2. The Hall–Kier alpha value is -3.36. The van der Waals surface area contributed by atoms with Gasteiger partial charge in [0.05, 0.1) is 33.2 Å². The van der Waals surface area contributed by atoms with Crippen molar-refractivity contribution >= 4 is 28.5 Å². The van der Waals surface area contributed by atoms with E-state index in [4.69, 9.17) is 16.6 Å². The van der Waals surface area contributed by atoms with Gasteiger partial charge in [-0.1, -0.05) is 67.8 Å². The predicted molar refractivity (Wildman–Crippen MR) is 161 cm³/mol. The molecule has 1 amide bonds. The molecule has 0 aliphatic carbocycles. The normalized spacial score (nSPS) is 15.2. The number of rotatable bonds is 10. The minimum Gasteiger partial charge on any atom is -0.340 e. The molecule has 1 fully saturated rings. The SMILES string of the molecule is CCCCN(C(=O)c1cc(C(F)(F)F)ccc1Cl)C(Cc1ccccc1CN1CCCCC1)c1nc2ccccc2[nH]1. The number of carbonyl (C=O) groups excluding carboxylic acids is 1. The van der Waals surface area contributed by atoms with E-state index in [1.165, 1.54) is 24.8 Å². The summed E-state index contributed by atoms with van der Waals surface area (Å²) in [5, 5.41) is -0.0108. The molecule has 0 bridgehead atoms. The molecule has 1 unspecified atom stereocenters. The highest BCUT2D eigenvalue weighted by atomic mass is 35.5. The zero-order valence-corrected chi connectivity index (χ0v) is 24.5. The van der Waals surface area contributed by atoms with Crippen LogP contribution >= 0.6 is 11.6 Å². The van der Waals surface area contributed by atoms with Crippen LogP contribution in [-0.4, -0.2) is 45.3 Å². The number of para-hydroxylation sites is 2. The number of nitrogens with one attached hydrogen (secondary N) is 1. The molecule has 9 heteroatoms. The third-order valence-electron chi connectivity index (χ3n) is 8.01. The lowest BCUT2D eigenvalue weighted by Gasteiger charge is -2.32. The van der Waals surface area contributed by atoms with Crippen LogP contribution in [0.3, 0.4) is 0 Å². The van der Waals surface area contributed by atoms with E-state index < -0.39 is 23.7 Å². The molecule has 0 radical (unpaired) electrons. The van der Waals surface area contributed by atoms with E-state index in [1.54, 1.807) is 4.90 Å². The number of aromatic nitrogens is 2. The van der Waals surface area contributed by atoms with Crippen LogP contribution in [0.5, 0.6) is 0 Å². The first-order chi connectivity index (χ1) is 20.2. The highest BCUT2D eigenvalue weighted by Gasteiger charge is 2.34. The second kappa shape index (κ2) is 13.3. The number of benzene rings is 3. The Balaban J connectivity index is 1.58. The molecule has 1 aromatic heterocycles. The maximum atomic E-state index is 14.2. The van der Waals surface area contributed by atoms with Crippen LogP contribution in [0, 0.1) is 0 Å². The van der Waals surface area contributed by atoms with Crippen molar-refractivity contribution in [2.24, 2.45) is 0 Å². The number of H-pyrrole nitrogens is 1. The first kappa shape index (κ1) is 30.1. The van der Waals surface area contributed by atoms with E-state index in [9.17, 15) is 18.0 Å². The quantitative estimate of drug-likeness (QED) is 0.200. The summed E-state index contributed by atoms with van der Waals surface area (Å²) in [6, 6.07) is 18.2. The number of hydrogen-bond donors (Lipinski definition) is 1. The van der Waals surface area contributed by atoms with Gasteiger partial charge in [-0.15, -0.1) is 0 Å². The molecule has 4 aromatic rings. The van der Waals surface area contributed by atoms with Crippen molar-refractivity contribution in [2.75, 3.05) is 19.6 Å². The van der Waals surface area contributed by atoms with Gasteiger partial charge in [0.15, 0.2) is 0 Å². The Morgan fingerprint density at radius 1 is 1.02 bits per heavy atom. The Kier molecular flexibility index (Phi) is 9.53. The molecule has 1 saturated heterocycles. The molecule has 1 aliphatic rings. The van der Waals surface area contributed by atoms with Crippen molar-refractivity contribution in [1.29, 1.82) is 0 Å². The van der Waals surface area contributed by atoms with Crippen LogP contribution in [0.2, 0.25) is 5.02 Å². The first-order valence-corrected chi connectivity index (χ1v) is 15.0. The number of unbranched alkanes of at least 4 members (excludes halogenated alkanes) is 1. The fraction of sp³-hybridized carbons (Fsp3) is 0.394. The van der Waals surface area contributed by atoms with E-state index in [2.05, 4.69) is 22.0 Å². The second-order valence-electron chi connectivity index (χ2n) is 11.0. The molecule has 0 spiro atoms. The molecule has 42 heavy (non-hydrogen) atoms. The van der Waals surface area contributed by atoms with Crippen molar-refractivity contribution in [2.45, 2.75) is 64.2 Å². The fourth-order valence-corrected chi connectivity index (χ4v) is 5.91. The Labute approximate surface area is 249 Å². The van der Waals surface area contributed by atoms with E-state index in [0.29, 0.717) is 25.2 Å². The number of halogens is 4. The van der Waals surface area contributed by atoms with E-state index in [1.807, 2.05) is 43.3 Å². The van der Waals surface area contributed by atoms with Gasteiger partial charge < -0.3 is 9.88 Å². The van der Waals surface area contributed by atoms with Gasteiger partial charge >= 0.3 is 6.18 Å². The number of hydrogen-bond acceptors (Lipinski definition) is 3. The molecule has 0 saturated carbocycles. The lowest BCUT2D eigenvalue weighted by Crippen LogP contribution is -2.38. The summed E-state index contributed by atoms with van der Waals surface area (Å²) in [7, 11) is 0. The minimum atomic E-state index is -4.60. The van der Waals surface area contributed by atoms with Gasteiger partial charge in [0.25, 0.3) is 5.91 Å². The summed E-state index contributed by atoms with van der Waals surface area (Å²) in [5.41, 5.74) is 2.79. The lowest BCUT2D eigenvalue weighted by molar-refractivity contribution is -0.137. The number of carbonyl (C=O) groups is 1. The third kappa shape index (κ3) is 6.98. The van der Waals surface area contributed by atoms with Crippen molar-refractivity contribution in [3.63, 3.8) is 0 Å². The molecular weight excluding hydrogens is 561 g/mol. The predicted octanol–water partition coefficient (Wildman–Crippen LogP) is 8.45. The number of likely N-dealkylation sites (tertiary alicyclic amines) is 1. The molecule has 3 aromatic carbocycles. The van der Waals surface area contributed by atoms with Crippen molar-refractivity contribution < 1.29 is 18.0 Å². The smallest absolute Gasteiger partial charge is 0.340 e. The van der Waals surface area contributed by atoms with E-state index >= 15 is 0 Å². The van der Waals surface area contributed by atoms with Gasteiger partial charge in [-0.25, -0.2) is 4.98 Å². The molecule has 222 valence electrons. The Morgan fingerprint density at radius 2 is 1.74 bits per heavy atom. The summed E-state index contributed by atoms with van der Waals surface area (Å²) in [4.78, 5) is 26.6. The summed E-state index contributed by atoms with van der Waals surface area (Å²) in [6.45, 7) is 5.28. The van der Waals surface area contributed by atoms with Gasteiger partial charge in [0.2, 0.25) is 0 Å². The van der Waals surface area contributed by atoms with Crippen LogP contribution in [0.4, 0.5) is 13.2 Å². The fourth-order valence-electron chi connectivity index (χ4n) is 5.71. The first-order valence-electron chi connectivity index (χ1n) is 14.7. The Morgan fingerprint density at radius 3 is 2.45 bits per heavy atom. The third-order valence-corrected chi connectivity index (χ3v) is 8.34. The van der Waals surface area contributed by atoms with Gasteiger partial charge in [0, 0.05) is 19.5 Å². The largest absolute Gasteiger partial charge is 0.416 e. The number of amides is 1. The highest BCUT2D eigenvalue weighted by Crippen LogP contribution is 2.35. The monoisotopic (exact) mass is 596 g/mol. The maximum Gasteiger partial charge on any atom is 0.416 e. The number of aromatic amines is 1. The summed E-state index contributed by atoms with van der Waals surface area (Å²) >= 11 is 6.38. The van der Waals surface area contributed by atoms with Crippen molar-refractivity contribution in [3.05, 3.63) is 99.8 Å². The molecular formula is C33H36ClF3N4O. The zero-order valence-electron chi connectivity index (χ0n) is 23.8. The summed E-state index contributed by atoms with van der Waals surface area (Å²) in [5.74, 6) is 0.0510. The topological polar surface area (TPSA) is 52.2 Å². The average Bonchev–Trinajstić information content (AvgIpc) is 3.42. The molecule has 5 nitrogen and oxygen atoms in total. The molecule has 1 atom stereocenters. The van der Waals surface area contributed by atoms with Gasteiger partial charge in [0.1, 0.15) is 5.82 Å². The number of fused-ring (bicyclic) bond motifs is 1. The van der Waals surface area contributed by atoms with E-state index in [-0.39, 0.29) is 10.6 Å². The van der Waals surface area contributed by atoms with Crippen LogP contribution in [0.1, 0.15) is 77.9 Å².